The van der Waals surface area contributed by atoms with E-state index in [1.54, 1.807) is 0 Å². The average Bonchev–Trinajstić information content (AvgIpc) is 2.96. The number of carbonyl (C=O) groups excluding carboxylic acids is 1. The Morgan fingerprint density at radius 2 is 2.25 bits per heavy atom. The van der Waals surface area contributed by atoms with Gasteiger partial charge in [0.05, 0.1) is 0 Å². The molecular formula is C13H24N2O. The maximum atomic E-state index is 12.0. The van der Waals surface area contributed by atoms with Crippen molar-refractivity contribution in [2.24, 2.45) is 11.8 Å². The highest BCUT2D eigenvalue weighted by molar-refractivity contribution is 5.76. The standard InChI is InChI=1S/C13H24N2O/c1-2-11-6-8-15(10-11)13(16)4-3-12-5-7-14-9-12/h11-12,14H,2-10H2,1H3. The Kier molecular flexibility index (Phi) is 4.22. The molecule has 2 aliphatic rings. The van der Waals surface area contributed by atoms with Gasteiger partial charge in [-0.3, -0.25) is 4.79 Å². The molecule has 0 aromatic heterocycles. The van der Waals surface area contributed by atoms with E-state index in [-0.39, 0.29) is 0 Å². The number of amides is 1. The molecule has 92 valence electrons. The third-order valence-electron chi connectivity index (χ3n) is 4.14. The largest absolute Gasteiger partial charge is 0.342 e. The molecule has 2 unspecified atom stereocenters. The summed E-state index contributed by atoms with van der Waals surface area (Å²) in [6.07, 6.45) is 5.54. The molecule has 3 heteroatoms. The highest BCUT2D eigenvalue weighted by Crippen LogP contribution is 2.21. The lowest BCUT2D eigenvalue weighted by Crippen LogP contribution is -2.29. The molecule has 0 aromatic rings. The van der Waals surface area contributed by atoms with Crippen LogP contribution in [0.25, 0.3) is 0 Å². The van der Waals surface area contributed by atoms with Crippen LogP contribution in [0, 0.1) is 11.8 Å². The van der Waals surface area contributed by atoms with Crippen LogP contribution in [0.2, 0.25) is 0 Å². The van der Waals surface area contributed by atoms with Gasteiger partial charge in [-0.15, -0.1) is 0 Å². The van der Waals surface area contributed by atoms with E-state index in [0.717, 1.165) is 50.9 Å². The fourth-order valence-electron chi connectivity index (χ4n) is 2.84. The molecule has 0 bridgehead atoms. The summed E-state index contributed by atoms with van der Waals surface area (Å²) < 4.78 is 0. The third-order valence-corrected chi connectivity index (χ3v) is 4.14. The highest BCUT2D eigenvalue weighted by atomic mass is 16.2. The lowest BCUT2D eigenvalue weighted by molar-refractivity contribution is -0.130. The number of nitrogens with one attached hydrogen (secondary N) is 1. The summed E-state index contributed by atoms with van der Waals surface area (Å²) in [5.74, 6) is 1.90. The molecule has 0 aromatic carbocycles. The highest BCUT2D eigenvalue weighted by Gasteiger charge is 2.25. The molecule has 2 rings (SSSR count). The van der Waals surface area contributed by atoms with Crippen LogP contribution in [0.1, 0.15) is 39.0 Å². The van der Waals surface area contributed by atoms with Gasteiger partial charge in [0.25, 0.3) is 0 Å². The fraction of sp³-hybridized carbons (Fsp3) is 0.923. The van der Waals surface area contributed by atoms with Crippen LogP contribution in [0.15, 0.2) is 0 Å². The molecular weight excluding hydrogens is 200 g/mol. The molecule has 2 atom stereocenters. The van der Waals surface area contributed by atoms with E-state index >= 15 is 0 Å². The van der Waals surface area contributed by atoms with Crippen molar-refractivity contribution in [1.29, 1.82) is 0 Å². The van der Waals surface area contributed by atoms with E-state index in [0.29, 0.717) is 5.91 Å². The van der Waals surface area contributed by atoms with Crippen LogP contribution in [-0.2, 0) is 4.79 Å². The Hall–Kier alpha value is -0.570. The Bertz CT molecular complexity index is 236. The predicted molar refractivity (Wildman–Crippen MR) is 65.2 cm³/mol. The van der Waals surface area contributed by atoms with Crippen molar-refractivity contribution in [3.63, 3.8) is 0 Å². The second-order valence-corrected chi connectivity index (χ2v) is 5.30. The third kappa shape index (κ3) is 2.97. The summed E-state index contributed by atoms with van der Waals surface area (Å²) in [5, 5.41) is 3.36. The first-order valence-electron chi connectivity index (χ1n) is 6.78. The predicted octanol–water partition coefficient (Wildman–Crippen LogP) is 1.63. The van der Waals surface area contributed by atoms with Crippen molar-refractivity contribution in [3.05, 3.63) is 0 Å². The van der Waals surface area contributed by atoms with Gasteiger partial charge in [-0.25, -0.2) is 0 Å². The number of hydrogen-bond donors (Lipinski definition) is 1. The van der Waals surface area contributed by atoms with Crippen LogP contribution in [0.4, 0.5) is 0 Å². The second-order valence-electron chi connectivity index (χ2n) is 5.30. The van der Waals surface area contributed by atoms with Crippen LogP contribution in [-0.4, -0.2) is 37.0 Å². The van der Waals surface area contributed by atoms with Gasteiger partial charge in [-0.2, -0.15) is 0 Å². The lowest BCUT2D eigenvalue weighted by atomic mass is 10.0. The SMILES string of the molecule is CCC1CCN(C(=O)CCC2CCNC2)C1. The Labute approximate surface area is 98.6 Å². The minimum absolute atomic E-state index is 0.392. The van der Waals surface area contributed by atoms with Crippen LogP contribution < -0.4 is 5.32 Å². The minimum Gasteiger partial charge on any atom is -0.342 e. The number of nitrogens with zero attached hydrogens (tertiary/aromatic N) is 1. The smallest absolute Gasteiger partial charge is 0.222 e. The topological polar surface area (TPSA) is 32.3 Å². The summed E-state index contributed by atoms with van der Waals surface area (Å²) in [7, 11) is 0. The molecule has 0 aliphatic carbocycles. The van der Waals surface area contributed by atoms with Crippen molar-refractivity contribution in [2.45, 2.75) is 39.0 Å². The number of rotatable bonds is 4. The van der Waals surface area contributed by atoms with Crippen molar-refractivity contribution < 1.29 is 4.79 Å². The van der Waals surface area contributed by atoms with E-state index in [1.807, 2.05) is 0 Å². The molecule has 1 amide bonds. The van der Waals surface area contributed by atoms with E-state index in [1.165, 1.54) is 19.3 Å². The number of carbonyl (C=O) groups is 1. The zero-order valence-corrected chi connectivity index (χ0v) is 10.4. The summed E-state index contributed by atoms with van der Waals surface area (Å²) in [4.78, 5) is 14.0. The van der Waals surface area contributed by atoms with E-state index in [9.17, 15) is 4.79 Å². The van der Waals surface area contributed by atoms with Crippen molar-refractivity contribution in [1.82, 2.24) is 10.2 Å². The van der Waals surface area contributed by atoms with E-state index in [4.69, 9.17) is 0 Å². The molecule has 2 aliphatic heterocycles. The maximum absolute atomic E-state index is 12.0. The first-order chi connectivity index (χ1) is 7.79. The summed E-state index contributed by atoms with van der Waals surface area (Å²) in [5.41, 5.74) is 0. The molecule has 2 heterocycles. The fourth-order valence-corrected chi connectivity index (χ4v) is 2.84. The van der Waals surface area contributed by atoms with Gasteiger partial charge in [0.2, 0.25) is 5.91 Å². The zero-order chi connectivity index (χ0) is 11.4. The molecule has 0 spiro atoms. The first-order valence-corrected chi connectivity index (χ1v) is 6.78. The molecule has 2 saturated heterocycles. The summed E-state index contributed by atoms with van der Waals surface area (Å²) >= 11 is 0. The van der Waals surface area contributed by atoms with Gasteiger partial charge in [0.15, 0.2) is 0 Å². The van der Waals surface area contributed by atoms with E-state index in [2.05, 4.69) is 17.1 Å². The minimum atomic E-state index is 0.392. The van der Waals surface area contributed by atoms with Gasteiger partial charge in [0, 0.05) is 19.5 Å². The zero-order valence-electron chi connectivity index (χ0n) is 10.4. The Morgan fingerprint density at radius 3 is 2.88 bits per heavy atom. The quantitative estimate of drug-likeness (QED) is 0.787. The molecule has 1 N–H and O–H groups in total. The van der Waals surface area contributed by atoms with Crippen molar-refractivity contribution in [2.75, 3.05) is 26.2 Å². The van der Waals surface area contributed by atoms with E-state index < -0.39 is 0 Å². The normalized spacial score (nSPS) is 29.9. The Morgan fingerprint density at radius 1 is 1.38 bits per heavy atom. The maximum Gasteiger partial charge on any atom is 0.222 e. The monoisotopic (exact) mass is 224 g/mol. The molecule has 3 nitrogen and oxygen atoms in total. The summed E-state index contributed by atoms with van der Waals surface area (Å²) in [6.45, 7) is 6.49. The van der Waals surface area contributed by atoms with Crippen LogP contribution in [0.5, 0.6) is 0 Å². The van der Waals surface area contributed by atoms with Crippen molar-refractivity contribution in [3.8, 4) is 0 Å². The Balaban J connectivity index is 1.67. The van der Waals surface area contributed by atoms with Gasteiger partial charge in [-0.1, -0.05) is 13.3 Å². The van der Waals surface area contributed by atoms with Gasteiger partial charge in [-0.05, 0) is 44.2 Å². The average molecular weight is 224 g/mol. The summed E-state index contributed by atoms with van der Waals surface area (Å²) in [6, 6.07) is 0. The van der Waals surface area contributed by atoms with Gasteiger partial charge >= 0.3 is 0 Å². The number of hydrogen-bond acceptors (Lipinski definition) is 2. The lowest BCUT2D eigenvalue weighted by Gasteiger charge is -2.17. The van der Waals surface area contributed by atoms with Gasteiger partial charge < -0.3 is 10.2 Å². The first kappa shape index (κ1) is 11.9. The molecule has 16 heavy (non-hydrogen) atoms. The number of likely N-dealkylation sites (tertiary alicyclic amines) is 1. The van der Waals surface area contributed by atoms with Crippen LogP contribution in [0.3, 0.4) is 0 Å². The van der Waals surface area contributed by atoms with Crippen LogP contribution >= 0.6 is 0 Å². The molecule has 2 fully saturated rings. The van der Waals surface area contributed by atoms with Gasteiger partial charge in [0.1, 0.15) is 0 Å². The molecule has 0 saturated carbocycles. The second kappa shape index (κ2) is 5.67. The molecule has 0 radical (unpaired) electrons. The van der Waals surface area contributed by atoms with Crippen molar-refractivity contribution >= 4 is 5.91 Å².